The lowest BCUT2D eigenvalue weighted by molar-refractivity contribution is 0.112. The number of hydrogen-bond acceptors (Lipinski definition) is 1. The van der Waals surface area contributed by atoms with Crippen molar-refractivity contribution in [3.05, 3.63) is 46.5 Å². The monoisotopic (exact) mass is 271 g/mol. The Morgan fingerprint density at radius 3 is 2.68 bits per heavy atom. The van der Waals surface area contributed by atoms with Gasteiger partial charge in [0, 0.05) is 28.4 Å². The fraction of sp³-hybridized carbons (Fsp3) is 0.188. The maximum atomic E-state index is 11.0. The summed E-state index contributed by atoms with van der Waals surface area (Å²) in [4.78, 5) is 11.0. The van der Waals surface area contributed by atoms with Crippen LogP contribution < -0.4 is 0 Å². The van der Waals surface area contributed by atoms with Crippen LogP contribution in [0.1, 0.15) is 22.8 Å². The molecule has 2 aromatic carbocycles. The minimum atomic E-state index is 0.695. The Morgan fingerprint density at radius 2 is 2.00 bits per heavy atom. The van der Waals surface area contributed by atoms with Crippen molar-refractivity contribution in [2.45, 2.75) is 20.4 Å². The Hall–Kier alpha value is -1.80. The van der Waals surface area contributed by atoms with Crippen LogP contribution in [-0.2, 0) is 6.54 Å². The molecule has 19 heavy (non-hydrogen) atoms. The third-order valence-electron chi connectivity index (χ3n) is 3.53. The summed E-state index contributed by atoms with van der Waals surface area (Å²) in [7, 11) is 0. The van der Waals surface area contributed by atoms with E-state index in [1.54, 1.807) is 0 Å². The summed E-state index contributed by atoms with van der Waals surface area (Å²) in [5.41, 5.74) is 3.99. The van der Waals surface area contributed by atoms with Crippen LogP contribution in [-0.4, -0.2) is 10.9 Å². The number of nitrogens with zero attached hydrogens (tertiary/aromatic N) is 1. The summed E-state index contributed by atoms with van der Waals surface area (Å²) >= 11 is 6.40. The molecule has 2 nitrogen and oxygen atoms in total. The summed E-state index contributed by atoms with van der Waals surface area (Å²) in [5, 5.41) is 2.97. The minimum Gasteiger partial charge on any atom is -0.340 e. The molecule has 0 aliphatic carbocycles. The molecule has 0 bridgehead atoms. The normalized spacial score (nSPS) is 11.3. The van der Waals surface area contributed by atoms with Crippen molar-refractivity contribution >= 4 is 39.7 Å². The second-order valence-corrected chi connectivity index (χ2v) is 5.19. The highest BCUT2D eigenvalue weighted by molar-refractivity contribution is 6.36. The SMILES string of the molecule is CCn1c2ccc(C=O)cc2c2cc(C)cc(Cl)c21. The Kier molecular flexibility index (Phi) is 2.83. The van der Waals surface area contributed by atoms with Crippen LogP contribution in [0, 0.1) is 6.92 Å². The lowest BCUT2D eigenvalue weighted by Crippen LogP contribution is -1.93. The number of hydrogen-bond donors (Lipinski definition) is 0. The van der Waals surface area contributed by atoms with E-state index >= 15 is 0 Å². The lowest BCUT2D eigenvalue weighted by atomic mass is 10.1. The molecule has 0 N–H and O–H groups in total. The van der Waals surface area contributed by atoms with Crippen molar-refractivity contribution in [3.8, 4) is 0 Å². The van der Waals surface area contributed by atoms with Gasteiger partial charge in [0.1, 0.15) is 6.29 Å². The quantitative estimate of drug-likeness (QED) is 0.625. The van der Waals surface area contributed by atoms with Gasteiger partial charge in [-0.25, -0.2) is 0 Å². The molecule has 0 fully saturated rings. The van der Waals surface area contributed by atoms with Gasteiger partial charge in [-0.05, 0) is 49.7 Å². The number of benzene rings is 2. The van der Waals surface area contributed by atoms with Gasteiger partial charge in [-0.1, -0.05) is 11.6 Å². The number of carbonyl (C=O) groups is 1. The average molecular weight is 272 g/mol. The number of aldehydes is 1. The molecular formula is C16H14ClNO. The van der Waals surface area contributed by atoms with Crippen LogP contribution in [0.25, 0.3) is 21.8 Å². The fourth-order valence-corrected chi connectivity index (χ4v) is 3.12. The second kappa shape index (κ2) is 4.39. The molecule has 1 heterocycles. The molecule has 0 saturated heterocycles. The Bertz CT molecular complexity index is 801. The average Bonchev–Trinajstić information content (AvgIpc) is 2.72. The zero-order valence-corrected chi connectivity index (χ0v) is 11.7. The van der Waals surface area contributed by atoms with Crippen molar-refractivity contribution in [1.82, 2.24) is 4.57 Å². The summed E-state index contributed by atoms with van der Waals surface area (Å²) < 4.78 is 2.20. The first-order valence-corrected chi connectivity index (χ1v) is 6.70. The third kappa shape index (κ3) is 1.75. The minimum absolute atomic E-state index is 0.695. The molecule has 0 saturated carbocycles. The number of fused-ring (bicyclic) bond motifs is 3. The Labute approximate surface area is 116 Å². The second-order valence-electron chi connectivity index (χ2n) is 4.78. The van der Waals surface area contributed by atoms with Gasteiger partial charge in [-0.3, -0.25) is 4.79 Å². The van der Waals surface area contributed by atoms with Gasteiger partial charge in [-0.2, -0.15) is 0 Å². The number of aryl methyl sites for hydroxylation is 2. The van der Waals surface area contributed by atoms with Crippen LogP contribution in [0.3, 0.4) is 0 Å². The Morgan fingerprint density at radius 1 is 1.21 bits per heavy atom. The fourth-order valence-electron chi connectivity index (χ4n) is 2.74. The van der Waals surface area contributed by atoms with E-state index in [1.165, 1.54) is 0 Å². The standard InChI is InChI=1S/C16H14ClNO/c1-3-18-15-5-4-11(9-19)8-12(15)13-6-10(2)7-14(17)16(13)18/h4-9H,3H2,1-2H3. The predicted octanol–water partition coefficient (Wildman–Crippen LogP) is 4.59. The molecule has 3 heteroatoms. The van der Waals surface area contributed by atoms with Crippen molar-refractivity contribution in [2.75, 3.05) is 0 Å². The maximum Gasteiger partial charge on any atom is 0.150 e. The van der Waals surface area contributed by atoms with Gasteiger partial charge in [0.05, 0.1) is 10.5 Å². The van der Waals surface area contributed by atoms with Crippen molar-refractivity contribution in [3.63, 3.8) is 0 Å². The summed E-state index contributed by atoms with van der Waals surface area (Å²) in [5.74, 6) is 0. The van der Waals surface area contributed by atoms with Crippen LogP contribution in [0.15, 0.2) is 30.3 Å². The number of aromatic nitrogens is 1. The van der Waals surface area contributed by atoms with Crippen LogP contribution in [0.4, 0.5) is 0 Å². The first-order valence-electron chi connectivity index (χ1n) is 6.33. The van der Waals surface area contributed by atoms with Gasteiger partial charge < -0.3 is 4.57 Å². The van der Waals surface area contributed by atoms with Crippen molar-refractivity contribution in [2.24, 2.45) is 0 Å². The van der Waals surface area contributed by atoms with E-state index in [1.807, 2.05) is 31.2 Å². The van der Waals surface area contributed by atoms with E-state index < -0.39 is 0 Å². The van der Waals surface area contributed by atoms with E-state index in [9.17, 15) is 4.79 Å². The van der Waals surface area contributed by atoms with Gasteiger partial charge in [0.25, 0.3) is 0 Å². The molecule has 1 aromatic heterocycles. The topological polar surface area (TPSA) is 22.0 Å². The largest absolute Gasteiger partial charge is 0.340 e. The summed E-state index contributed by atoms with van der Waals surface area (Å²) in [6.45, 7) is 4.98. The molecule has 0 aliphatic rings. The van der Waals surface area contributed by atoms with E-state index in [0.717, 1.165) is 45.2 Å². The molecule has 0 amide bonds. The van der Waals surface area contributed by atoms with Crippen molar-refractivity contribution < 1.29 is 4.79 Å². The van der Waals surface area contributed by atoms with Gasteiger partial charge in [0.15, 0.2) is 0 Å². The molecule has 96 valence electrons. The molecule has 0 aliphatic heterocycles. The zero-order valence-electron chi connectivity index (χ0n) is 10.9. The smallest absolute Gasteiger partial charge is 0.150 e. The van der Waals surface area contributed by atoms with Gasteiger partial charge in [0.2, 0.25) is 0 Å². The molecule has 0 unspecified atom stereocenters. The third-order valence-corrected chi connectivity index (χ3v) is 3.82. The summed E-state index contributed by atoms with van der Waals surface area (Å²) in [6.07, 6.45) is 0.881. The zero-order chi connectivity index (χ0) is 13.6. The van der Waals surface area contributed by atoms with E-state index in [4.69, 9.17) is 11.6 Å². The molecule has 0 atom stereocenters. The molecule has 0 radical (unpaired) electrons. The van der Waals surface area contributed by atoms with Gasteiger partial charge in [-0.15, -0.1) is 0 Å². The molecular weight excluding hydrogens is 258 g/mol. The first kappa shape index (κ1) is 12.2. The van der Waals surface area contributed by atoms with Crippen LogP contribution in [0.2, 0.25) is 5.02 Å². The van der Waals surface area contributed by atoms with Crippen LogP contribution >= 0.6 is 11.6 Å². The Balaban J connectivity index is 2.58. The van der Waals surface area contributed by atoms with E-state index in [0.29, 0.717) is 5.56 Å². The summed E-state index contributed by atoms with van der Waals surface area (Å²) in [6, 6.07) is 9.89. The highest BCUT2D eigenvalue weighted by Gasteiger charge is 2.13. The highest BCUT2D eigenvalue weighted by Crippen LogP contribution is 2.34. The number of carbonyl (C=O) groups excluding carboxylic acids is 1. The maximum absolute atomic E-state index is 11.0. The molecule has 3 aromatic rings. The molecule has 0 spiro atoms. The predicted molar refractivity (Wildman–Crippen MR) is 80.3 cm³/mol. The van der Waals surface area contributed by atoms with Crippen molar-refractivity contribution in [1.29, 1.82) is 0 Å². The highest BCUT2D eigenvalue weighted by atomic mass is 35.5. The number of rotatable bonds is 2. The number of halogens is 1. The van der Waals surface area contributed by atoms with Gasteiger partial charge >= 0.3 is 0 Å². The first-order chi connectivity index (χ1) is 9.15. The van der Waals surface area contributed by atoms with Crippen LogP contribution in [0.5, 0.6) is 0 Å². The molecule has 3 rings (SSSR count). The van der Waals surface area contributed by atoms with E-state index in [-0.39, 0.29) is 0 Å². The van der Waals surface area contributed by atoms with E-state index in [2.05, 4.69) is 17.6 Å². The lowest BCUT2D eigenvalue weighted by Gasteiger charge is -2.05.